The van der Waals surface area contributed by atoms with Gasteiger partial charge in [0.05, 0.1) is 0 Å². The van der Waals surface area contributed by atoms with Gasteiger partial charge in [0.15, 0.2) is 0 Å². The molecule has 0 aliphatic heterocycles. The fraction of sp³-hybridized carbons (Fsp3) is 1.00. The Morgan fingerprint density at radius 2 is 1.36 bits per heavy atom. The van der Waals surface area contributed by atoms with Gasteiger partial charge < -0.3 is 4.74 Å². The predicted molar refractivity (Wildman–Crippen MR) is 64.1 cm³/mol. The highest BCUT2D eigenvalue weighted by molar-refractivity contribution is 6.43. The van der Waals surface area contributed by atoms with Gasteiger partial charge in [0, 0.05) is 6.61 Å². The van der Waals surface area contributed by atoms with Crippen molar-refractivity contribution < 1.29 is 4.74 Å². The average molecular weight is 241 g/mol. The molecule has 0 saturated heterocycles. The predicted octanol–water partition coefficient (Wildman–Crippen LogP) is 4.90. The van der Waals surface area contributed by atoms with Gasteiger partial charge in [-0.05, 0) is 6.42 Å². The van der Waals surface area contributed by atoms with Crippen LogP contribution in [-0.2, 0) is 4.74 Å². The molecule has 0 aromatic carbocycles. The molecule has 0 aliphatic carbocycles. The molecule has 0 amide bonds. The zero-order chi connectivity index (χ0) is 10.6. The van der Waals surface area contributed by atoms with Gasteiger partial charge in [-0.1, -0.05) is 75.1 Å². The van der Waals surface area contributed by atoms with Crippen LogP contribution in [0.15, 0.2) is 0 Å². The van der Waals surface area contributed by atoms with Crippen LogP contribution in [0, 0.1) is 0 Å². The van der Waals surface area contributed by atoms with E-state index in [0.717, 1.165) is 6.42 Å². The molecule has 0 unspecified atom stereocenters. The maximum Gasteiger partial charge on any atom is 0.206 e. The molecule has 86 valence electrons. The van der Waals surface area contributed by atoms with Crippen molar-refractivity contribution >= 4 is 23.2 Å². The van der Waals surface area contributed by atoms with Crippen LogP contribution in [0.4, 0.5) is 0 Å². The summed E-state index contributed by atoms with van der Waals surface area (Å²) < 4.78 is 5.02. The summed E-state index contributed by atoms with van der Waals surface area (Å²) in [4.78, 5) is 0. The van der Waals surface area contributed by atoms with Crippen molar-refractivity contribution in [2.75, 3.05) is 6.61 Å². The molecule has 0 aromatic rings. The van der Waals surface area contributed by atoms with Gasteiger partial charge in [-0.3, -0.25) is 0 Å². The van der Waals surface area contributed by atoms with Crippen molar-refractivity contribution in [2.45, 2.75) is 63.3 Å². The summed E-state index contributed by atoms with van der Waals surface area (Å²) in [5, 5.41) is -0.653. The van der Waals surface area contributed by atoms with E-state index in [9.17, 15) is 0 Å². The number of halogens is 2. The maximum absolute atomic E-state index is 5.42. The molecule has 14 heavy (non-hydrogen) atoms. The quantitative estimate of drug-likeness (QED) is 0.390. The lowest BCUT2D eigenvalue weighted by atomic mass is 10.1. The second-order valence-corrected chi connectivity index (χ2v) is 4.62. The Morgan fingerprint density at radius 3 is 1.86 bits per heavy atom. The molecule has 0 aromatic heterocycles. The van der Waals surface area contributed by atoms with Gasteiger partial charge in [-0.2, -0.15) is 0 Å². The molecule has 0 spiro atoms. The van der Waals surface area contributed by atoms with E-state index in [0.29, 0.717) is 6.61 Å². The lowest BCUT2D eigenvalue weighted by Crippen LogP contribution is -1.98. The molecule has 0 radical (unpaired) electrons. The van der Waals surface area contributed by atoms with E-state index in [4.69, 9.17) is 27.9 Å². The van der Waals surface area contributed by atoms with E-state index in [1.807, 2.05) is 0 Å². The van der Waals surface area contributed by atoms with E-state index >= 15 is 0 Å². The summed E-state index contributed by atoms with van der Waals surface area (Å²) in [6, 6.07) is 0. The van der Waals surface area contributed by atoms with Crippen LogP contribution in [0.3, 0.4) is 0 Å². The summed E-state index contributed by atoms with van der Waals surface area (Å²) in [5.74, 6) is 0. The lowest BCUT2D eigenvalue weighted by molar-refractivity contribution is 0.149. The highest BCUT2D eigenvalue weighted by atomic mass is 35.5. The highest BCUT2D eigenvalue weighted by Crippen LogP contribution is 2.09. The number of hydrogen-bond donors (Lipinski definition) is 0. The zero-order valence-electron chi connectivity index (χ0n) is 9.11. The third-order valence-electron chi connectivity index (χ3n) is 2.24. The Bertz CT molecular complexity index is 107. The second kappa shape index (κ2) is 11.6. The number of hydrogen-bond acceptors (Lipinski definition) is 1. The van der Waals surface area contributed by atoms with E-state index < -0.39 is 5.02 Å². The number of rotatable bonds is 10. The molecule has 0 N–H and O–H groups in total. The average Bonchev–Trinajstić information content (AvgIpc) is 2.15. The minimum absolute atomic E-state index is 0.653. The molecule has 0 fully saturated rings. The van der Waals surface area contributed by atoms with Crippen molar-refractivity contribution in [3.05, 3.63) is 0 Å². The van der Waals surface area contributed by atoms with E-state index in [2.05, 4.69) is 6.92 Å². The normalized spacial score (nSPS) is 11.1. The van der Waals surface area contributed by atoms with Crippen molar-refractivity contribution in [2.24, 2.45) is 0 Å². The molecule has 0 saturated carbocycles. The van der Waals surface area contributed by atoms with Crippen molar-refractivity contribution in [1.82, 2.24) is 0 Å². The highest BCUT2D eigenvalue weighted by Gasteiger charge is 1.96. The monoisotopic (exact) mass is 240 g/mol. The molecule has 3 heteroatoms. The van der Waals surface area contributed by atoms with Gasteiger partial charge in [0.25, 0.3) is 0 Å². The minimum Gasteiger partial charge on any atom is -0.349 e. The molecule has 0 atom stereocenters. The first-order valence-electron chi connectivity index (χ1n) is 5.67. The third-order valence-corrected chi connectivity index (χ3v) is 2.49. The van der Waals surface area contributed by atoms with Crippen molar-refractivity contribution in [3.8, 4) is 0 Å². The number of ether oxygens (including phenoxy) is 1. The van der Waals surface area contributed by atoms with Crippen LogP contribution >= 0.6 is 23.2 Å². The Morgan fingerprint density at radius 1 is 0.857 bits per heavy atom. The summed E-state index contributed by atoms with van der Waals surface area (Å²) in [6.07, 6.45) is 10.4. The smallest absolute Gasteiger partial charge is 0.206 e. The van der Waals surface area contributed by atoms with E-state index in [-0.39, 0.29) is 0 Å². The first-order chi connectivity index (χ1) is 6.77. The summed E-state index contributed by atoms with van der Waals surface area (Å²) >= 11 is 10.8. The van der Waals surface area contributed by atoms with Crippen LogP contribution in [0.25, 0.3) is 0 Å². The first-order valence-corrected chi connectivity index (χ1v) is 6.54. The first kappa shape index (κ1) is 14.5. The Labute approximate surface area is 98.1 Å². The molecule has 0 aliphatic rings. The molecular weight excluding hydrogens is 219 g/mol. The van der Waals surface area contributed by atoms with Crippen molar-refractivity contribution in [3.63, 3.8) is 0 Å². The lowest BCUT2D eigenvalue weighted by Gasteiger charge is -2.03. The molecule has 0 bridgehead atoms. The topological polar surface area (TPSA) is 9.23 Å². The maximum atomic E-state index is 5.42. The Kier molecular flexibility index (Phi) is 12.1. The van der Waals surface area contributed by atoms with Crippen molar-refractivity contribution in [1.29, 1.82) is 0 Å². The van der Waals surface area contributed by atoms with E-state index in [1.165, 1.54) is 44.9 Å². The summed E-state index contributed by atoms with van der Waals surface area (Å²) in [5.41, 5.74) is 0. The van der Waals surface area contributed by atoms with E-state index in [1.54, 1.807) is 0 Å². The minimum atomic E-state index is -0.653. The molecule has 0 heterocycles. The van der Waals surface area contributed by atoms with Crippen LogP contribution < -0.4 is 0 Å². The summed E-state index contributed by atoms with van der Waals surface area (Å²) in [7, 11) is 0. The second-order valence-electron chi connectivity index (χ2n) is 3.61. The molecule has 1 nitrogen and oxygen atoms in total. The number of unbranched alkanes of at least 4 members (excludes halogenated alkanes) is 7. The Hall–Kier alpha value is 0.540. The van der Waals surface area contributed by atoms with Gasteiger partial charge in [0.2, 0.25) is 5.02 Å². The van der Waals surface area contributed by atoms with Gasteiger partial charge in [0.1, 0.15) is 0 Å². The van der Waals surface area contributed by atoms with Crippen LogP contribution in [0.1, 0.15) is 58.3 Å². The van der Waals surface area contributed by atoms with Crippen LogP contribution in [0.2, 0.25) is 0 Å². The number of alkyl halides is 2. The largest absolute Gasteiger partial charge is 0.349 e. The summed E-state index contributed by atoms with van der Waals surface area (Å²) in [6.45, 7) is 2.93. The third kappa shape index (κ3) is 12.5. The van der Waals surface area contributed by atoms with Gasteiger partial charge >= 0.3 is 0 Å². The zero-order valence-corrected chi connectivity index (χ0v) is 10.6. The SMILES string of the molecule is CCCCCCCCCCOC(Cl)Cl. The van der Waals surface area contributed by atoms with Gasteiger partial charge in [-0.15, -0.1) is 0 Å². The molecule has 0 rings (SSSR count). The van der Waals surface area contributed by atoms with Gasteiger partial charge in [-0.25, -0.2) is 0 Å². The fourth-order valence-electron chi connectivity index (χ4n) is 1.41. The standard InChI is InChI=1S/C11H22Cl2O/c1-2-3-4-5-6-7-8-9-10-14-11(12)13/h11H,2-10H2,1H3. The van der Waals surface area contributed by atoms with Crippen LogP contribution in [0.5, 0.6) is 0 Å². The molecular formula is C11H22Cl2O. The van der Waals surface area contributed by atoms with Crippen LogP contribution in [-0.4, -0.2) is 11.6 Å². The Balaban J connectivity index is 2.85. The fourth-order valence-corrected chi connectivity index (χ4v) is 1.59.